The van der Waals surface area contributed by atoms with E-state index in [0.29, 0.717) is 30.3 Å². The number of aliphatic hydroxyl groups is 1. The van der Waals surface area contributed by atoms with Crippen LogP contribution in [0.2, 0.25) is 0 Å². The second kappa shape index (κ2) is 10.1. The van der Waals surface area contributed by atoms with Crippen LogP contribution in [-0.2, 0) is 16.1 Å². The van der Waals surface area contributed by atoms with Gasteiger partial charge in [0.05, 0.1) is 24.4 Å². The standard InChI is InChI=1S/C26H26N2O5S/c1-4-32-18-6-7-19(20(14-18)33-5-2)23(29)21-22(25-16(3)10-13-34-25)28(26(31)24(21)30)15-17-8-11-27-12-9-17/h6-14,22,29H,4-5,15H2,1-3H3/b23-21+. The third kappa shape index (κ3) is 4.41. The average Bonchev–Trinajstić information content (AvgIpc) is 3.36. The van der Waals surface area contributed by atoms with Crippen molar-refractivity contribution < 1.29 is 24.2 Å². The highest BCUT2D eigenvalue weighted by Crippen LogP contribution is 2.44. The van der Waals surface area contributed by atoms with Crippen molar-refractivity contribution in [1.82, 2.24) is 9.88 Å². The molecule has 34 heavy (non-hydrogen) atoms. The van der Waals surface area contributed by atoms with Crippen LogP contribution < -0.4 is 9.47 Å². The molecule has 4 rings (SSSR count). The molecule has 0 radical (unpaired) electrons. The molecule has 0 aliphatic carbocycles. The SMILES string of the molecule is CCOc1ccc(/C(O)=C2\C(=O)C(=O)N(Cc3ccncc3)C2c2sccc2C)c(OCC)c1. The molecule has 0 saturated carbocycles. The van der Waals surface area contributed by atoms with Gasteiger partial charge in [0.2, 0.25) is 0 Å². The second-order valence-electron chi connectivity index (χ2n) is 7.77. The molecule has 1 saturated heterocycles. The highest BCUT2D eigenvalue weighted by Gasteiger charge is 2.47. The van der Waals surface area contributed by atoms with E-state index in [0.717, 1.165) is 16.0 Å². The van der Waals surface area contributed by atoms with E-state index in [-0.39, 0.29) is 17.9 Å². The highest BCUT2D eigenvalue weighted by molar-refractivity contribution is 7.10. The van der Waals surface area contributed by atoms with Gasteiger partial charge in [-0.25, -0.2) is 0 Å². The van der Waals surface area contributed by atoms with E-state index >= 15 is 0 Å². The van der Waals surface area contributed by atoms with E-state index in [2.05, 4.69) is 4.98 Å². The third-order valence-electron chi connectivity index (χ3n) is 5.61. The predicted octanol–water partition coefficient (Wildman–Crippen LogP) is 4.87. The summed E-state index contributed by atoms with van der Waals surface area (Å²) in [5.74, 6) is -0.667. The first-order chi connectivity index (χ1) is 16.5. The fourth-order valence-corrected chi connectivity index (χ4v) is 5.09. The van der Waals surface area contributed by atoms with Crippen molar-refractivity contribution in [3.05, 3.63) is 81.3 Å². The summed E-state index contributed by atoms with van der Waals surface area (Å²) in [6.45, 7) is 6.70. The van der Waals surface area contributed by atoms with Crippen LogP contribution in [0.25, 0.3) is 5.76 Å². The predicted molar refractivity (Wildman–Crippen MR) is 130 cm³/mol. The number of aryl methyl sites for hydroxylation is 1. The normalized spacial score (nSPS) is 17.3. The van der Waals surface area contributed by atoms with Gasteiger partial charge in [-0.05, 0) is 67.6 Å². The lowest BCUT2D eigenvalue weighted by molar-refractivity contribution is -0.140. The molecule has 1 N–H and O–H groups in total. The molecule has 7 nitrogen and oxygen atoms in total. The van der Waals surface area contributed by atoms with Crippen molar-refractivity contribution in [3.8, 4) is 11.5 Å². The maximum Gasteiger partial charge on any atom is 0.295 e. The Bertz CT molecular complexity index is 1230. The zero-order chi connectivity index (χ0) is 24.2. The van der Waals surface area contributed by atoms with Gasteiger partial charge >= 0.3 is 0 Å². The van der Waals surface area contributed by atoms with Gasteiger partial charge in [0, 0.05) is 29.9 Å². The molecule has 1 fully saturated rings. The molecule has 1 atom stereocenters. The van der Waals surface area contributed by atoms with E-state index in [1.807, 2.05) is 32.2 Å². The summed E-state index contributed by atoms with van der Waals surface area (Å²) in [5, 5.41) is 13.4. The lowest BCUT2D eigenvalue weighted by Crippen LogP contribution is -2.29. The molecule has 0 bridgehead atoms. The molecule has 3 aromatic rings. The van der Waals surface area contributed by atoms with E-state index in [4.69, 9.17) is 9.47 Å². The van der Waals surface area contributed by atoms with Crippen LogP contribution in [0, 0.1) is 6.92 Å². The van der Waals surface area contributed by atoms with Crippen LogP contribution >= 0.6 is 11.3 Å². The number of Topliss-reactive ketones (excluding diaryl/α,β-unsaturated/α-hetero) is 1. The number of ether oxygens (including phenoxy) is 2. The van der Waals surface area contributed by atoms with Gasteiger partial charge in [-0.3, -0.25) is 14.6 Å². The van der Waals surface area contributed by atoms with Crippen LogP contribution in [0.5, 0.6) is 11.5 Å². The van der Waals surface area contributed by atoms with Crippen LogP contribution in [0.15, 0.2) is 59.7 Å². The molecule has 3 heterocycles. The molecule has 1 aliphatic rings. The van der Waals surface area contributed by atoms with Crippen LogP contribution in [0.4, 0.5) is 0 Å². The third-order valence-corrected chi connectivity index (χ3v) is 6.68. The number of rotatable bonds is 8. The Balaban J connectivity index is 1.87. The van der Waals surface area contributed by atoms with Gasteiger partial charge < -0.3 is 19.5 Å². The number of ketones is 1. The molecular formula is C26H26N2O5S. The van der Waals surface area contributed by atoms with E-state index in [1.165, 1.54) is 16.2 Å². The number of hydrogen-bond donors (Lipinski definition) is 1. The number of amides is 1. The number of nitrogens with zero attached hydrogens (tertiary/aromatic N) is 2. The molecule has 2 aromatic heterocycles. The molecule has 1 unspecified atom stereocenters. The minimum atomic E-state index is -0.722. The first kappa shape index (κ1) is 23.5. The second-order valence-corrected chi connectivity index (χ2v) is 8.72. The van der Waals surface area contributed by atoms with Crippen LogP contribution in [0.1, 0.15) is 41.5 Å². The number of carbonyl (C=O) groups is 2. The van der Waals surface area contributed by atoms with Crippen molar-refractivity contribution in [2.75, 3.05) is 13.2 Å². The molecular weight excluding hydrogens is 452 g/mol. The Morgan fingerprint density at radius 1 is 1.09 bits per heavy atom. The summed E-state index contributed by atoms with van der Waals surface area (Å²) in [7, 11) is 0. The van der Waals surface area contributed by atoms with Crippen molar-refractivity contribution in [3.63, 3.8) is 0 Å². The summed E-state index contributed by atoms with van der Waals surface area (Å²) in [4.78, 5) is 32.9. The Kier molecular flexibility index (Phi) is 6.98. The fraction of sp³-hybridized carbons (Fsp3) is 0.269. The molecule has 8 heteroatoms. The van der Waals surface area contributed by atoms with Crippen molar-refractivity contribution in [1.29, 1.82) is 0 Å². The zero-order valence-corrected chi connectivity index (χ0v) is 20.1. The van der Waals surface area contributed by atoms with Gasteiger partial charge in [0.1, 0.15) is 23.3 Å². The Morgan fingerprint density at radius 3 is 2.47 bits per heavy atom. The quantitative estimate of drug-likeness (QED) is 0.282. The number of likely N-dealkylation sites (tertiary alicyclic amines) is 1. The number of aliphatic hydroxyl groups excluding tert-OH is 1. The summed E-state index contributed by atoms with van der Waals surface area (Å²) in [5.41, 5.74) is 2.17. The number of aromatic nitrogens is 1. The monoisotopic (exact) mass is 478 g/mol. The zero-order valence-electron chi connectivity index (χ0n) is 19.3. The molecule has 1 amide bonds. The average molecular weight is 479 g/mol. The molecule has 1 aromatic carbocycles. The minimum absolute atomic E-state index is 0.0507. The lowest BCUT2D eigenvalue weighted by atomic mass is 9.97. The highest BCUT2D eigenvalue weighted by atomic mass is 32.1. The van der Waals surface area contributed by atoms with Gasteiger partial charge in [-0.15, -0.1) is 11.3 Å². The summed E-state index contributed by atoms with van der Waals surface area (Å²) >= 11 is 1.45. The fourth-order valence-electron chi connectivity index (χ4n) is 4.04. The number of pyridine rings is 1. The molecule has 0 spiro atoms. The van der Waals surface area contributed by atoms with Gasteiger partial charge in [-0.2, -0.15) is 0 Å². The smallest absolute Gasteiger partial charge is 0.295 e. The summed E-state index contributed by atoms with van der Waals surface area (Å²) in [6.07, 6.45) is 3.29. The Labute approximate surface area is 202 Å². The first-order valence-corrected chi connectivity index (χ1v) is 12.0. The maximum absolute atomic E-state index is 13.3. The maximum atomic E-state index is 13.3. The van der Waals surface area contributed by atoms with Crippen LogP contribution in [-0.4, -0.2) is 39.9 Å². The lowest BCUT2D eigenvalue weighted by Gasteiger charge is -2.25. The van der Waals surface area contributed by atoms with Crippen molar-refractivity contribution in [2.24, 2.45) is 0 Å². The Hall–Kier alpha value is -3.65. The van der Waals surface area contributed by atoms with E-state index in [1.54, 1.807) is 42.7 Å². The van der Waals surface area contributed by atoms with Crippen molar-refractivity contribution >= 4 is 28.8 Å². The van der Waals surface area contributed by atoms with E-state index in [9.17, 15) is 14.7 Å². The number of thiophene rings is 1. The minimum Gasteiger partial charge on any atom is -0.507 e. The van der Waals surface area contributed by atoms with Crippen LogP contribution in [0.3, 0.4) is 0 Å². The van der Waals surface area contributed by atoms with Gasteiger partial charge in [0.15, 0.2) is 0 Å². The van der Waals surface area contributed by atoms with Gasteiger partial charge in [0.25, 0.3) is 11.7 Å². The number of carbonyl (C=O) groups excluding carboxylic acids is 2. The van der Waals surface area contributed by atoms with Crippen molar-refractivity contribution in [2.45, 2.75) is 33.4 Å². The number of benzene rings is 1. The molecule has 1 aliphatic heterocycles. The topological polar surface area (TPSA) is 89.0 Å². The van der Waals surface area contributed by atoms with E-state index < -0.39 is 17.7 Å². The first-order valence-electron chi connectivity index (χ1n) is 11.1. The summed E-state index contributed by atoms with van der Waals surface area (Å²) < 4.78 is 11.3. The largest absolute Gasteiger partial charge is 0.507 e. The number of hydrogen-bond acceptors (Lipinski definition) is 7. The molecule has 176 valence electrons. The van der Waals surface area contributed by atoms with Gasteiger partial charge in [-0.1, -0.05) is 0 Å². The summed E-state index contributed by atoms with van der Waals surface area (Å²) in [6, 6.07) is 9.87. The Morgan fingerprint density at radius 2 is 1.82 bits per heavy atom.